The maximum Gasteiger partial charge on any atom is 0.351 e. The Hall–Kier alpha value is -1.73. The molecule has 0 spiro atoms. The van der Waals surface area contributed by atoms with Crippen molar-refractivity contribution in [2.45, 2.75) is 18.8 Å². The molecule has 1 fully saturated rings. The van der Waals surface area contributed by atoms with Gasteiger partial charge in [0.25, 0.3) is 0 Å². The number of ether oxygens (including phenoxy) is 1. The molecule has 7 nitrogen and oxygen atoms in total. The number of hydrogen-bond acceptors (Lipinski definition) is 6. The molecule has 1 aromatic rings. The number of carbonyl (C=O) groups is 1. The molecule has 3 atom stereocenters. The highest BCUT2D eigenvalue weighted by molar-refractivity contribution is 5.55. The zero-order valence-corrected chi connectivity index (χ0v) is 9.02. The zero-order valence-electron chi connectivity index (χ0n) is 9.02. The molecule has 2 rings (SSSR count). The molecule has 3 N–H and O–H groups in total. The van der Waals surface area contributed by atoms with Gasteiger partial charge in [0.15, 0.2) is 0 Å². The van der Waals surface area contributed by atoms with Gasteiger partial charge in [0, 0.05) is 18.5 Å². The van der Waals surface area contributed by atoms with Crippen LogP contribution in [0.5, 0.6) is 0 Å². The molecule has 92 valence electrons. The number of aldehydes is 1. The molecule has 1 aliphatic heterocycles. The number of nitrogens with two attached hydrogens (primary N) is 1. The van der Waals surface area contributed by atoms with Crippen LogP contribution in [-0.4, -0.2) is 33.7 Å². The van der Waals surface area contributed by atoms with Crippen molar-refractivity contribution in [1.29, 1.82) is 0 Å². The Bertz CT molecular complexity index is 473. The number of aliphatic hydroxyl groups is 1. The molecule has 17 heavy (non-hydrogen) atoms. The number of rotatable bonds is 3. The first kappa shape index (κ1) is 11.7. The van der Waals surface area contributed by atoms with Crippen molar-refractivity contribution in [3.05, 3.63) is 22.7 Å². The van der Waals surface area contributed by atoms with Crippen molar-refractivity contribution in [2.24, 2.45) is 5.92 Å². The van der Waals surface area contributed by atoms with E-state index >= 15 is 0 Å². The summed E-state index contributed by atoms with van der Waals surface area (Å²) in [7, 11) is 0. The van der Waals surface area contributed by atoms with Crippen molar-refractivity contribution in [2.75, 3.05) is 12.3 Å². The molecule has 0 aliphatic carbocycles. The monoisotopic (exact) mass is 239 g/mol. The predicted octanol–water partition coefficient (Wildman–Crippen LogP) is -1.08. The summed E-state index contributed by atoms with van der Waals surface area (Å²) < 4.78 is 6.69. The summed E-state index contributed by atoms with van der Waals surface area (Å²) in [6.07, 6.45) is 1.40. The van der Waals surface area contributed by atoms with Gasteiger partial charge in [0.1, 0.15) is 18.3 Å². The molecule has 0 saturated carbocycles. The van der Waals surface area contributed by atoms with E-state index < -0.39 is 23.9 Å². The molecule has 7 heteroatoms. The summed E-state index contributed by atoms with van der Waals surface area (Å²) in [6.45, 7) is -0.253. The highest BCUT2D eigenvalue weighted by atomic mass is 16.5. The van der Waals surface area contributed by atoms with Gasteiger partial charge in [-0.3, -0.25) is 4.57 Å². The smallest absolute Gasteiger partial charge is 0.351 e. The third-order valence-electron chi connectivity index (χ3n) is 2.80. The quantitative estimate of drug-likeness (QED) is 0.650. The van der Waals surface area contributed by atoms with Crippen LogP contribution in [0.15, 0.2) is 17.1 Å². The first-order chi connectivity index (χ1) is 8.15. The molecule has 0 bridgehead atoms. The minimum atomic E-state index is -0.581. The topological polar surface area (TPSA) is 107 Å². The normalized spacial score (nSPS) is 28.2. The van der Waals surface area contributed by atoms with Gasteiger partial charge in [0.2, 0.25) is 0 Å². The molecule has 0 amide bonds. The van der Waals surface area contributed by atoms with Crippen molar-refractivity contribution in [3.8, 4) is 0 Å². The Morgan fingerprint density at radius 1 is 1.71 bits per heavy atom. The number of nitrogens with zero attached hydrogens (tertiary/aromatic N) is 2. The molecular formula is C10H13N3O4. The maximum atomic E-state index is 11.6. The van der Waals surface area contributed by atoms with Crippen LogP contribution in [-0.2, 0) is 9.53 Å². The average Bonchev–Trinajstić information content (AvgIpc) is 2.72. The predicted molar refractivity (Wildman–Crippen MR) is 58.1 cm³/mol. The molecule has 0 aromatic carbocycles. The van der Waals surface area contributed by atoms with E-state index in [1.165, 1.54) is 16.8 Å². The second-order valence-electron chi connectivity index (χ2n) is 3.89. The Labute approximate surface area is 96.8 Å². The highest BCUT2D eigenvalue weighted by Gasteiger charge is 2.35. The number of hydrogen-bond donors (Lipinski definition) is 2. The Balaban J connectivity index is 2.25. The number of aliphatic hydroxyl groups excluding tert-OH is 1. The van der Waals surface area contributed by atoms with Crippen molar-refractivity contribution in [3.63, 3.8) is 0 Å². The van der Waals surface area contributed by atoms with Crippen LogP contribution < -0.4 is 11.4 Å². The average molecular weight is 239 g/mol. The Morgan fingerprint density at radius 3 is 3.00 bits per heavy atom. The zero-order chi connectivity index (χ0) is 12.4. The van der Waals surface area contributed by atoms with Crippen molar-refractivity contribution >= 4 is 12.1 Å². The summed E-state index contributed by atoms with van der Waals surface area (Å²) in [5.41, 5.74) is 4.84. The number of aromatic nitrogens is 2. The van der Waals surface area contributed by atoms with Crippen molar-refractivity contribution < 1.29 is 14.6 Å². The van der Waals surface area contributed by atoms with Crippen LogP contribution in [0.2, 0.25) is 0 Å². The van der Waals surface area contributed by atoms with Gasteiger partial charge in [-0.15, -0.1) is 0 Å². The standard InChI is InChI=1S/C10H13N3O4/c11-8-1-2-13(10(16)12-8)9-3-6(4-14)7(5-15)17-9/h1-2,4,6-7,9,15H,3,5H2,(H2,11,12,16)/t6-,7-,9-/m1/s1. The second kappa shape index (κ2) is 4.64. The first-order valence-corrected chi connectivity index (χ1v) is 5.22. The minimum absolute atomic E-state index is 0.134. The van der Waals surface area contributed by atoms with E-state index in [1.54, 1.807) is 0 Å². The number of carbonyl (C=O) groups excluding carboxylic acids is 1. The lowest BCUT2D eigenvalue weighted by atomic mass is 10.0. The van der Waals surface area contributed by atoms with Gasteiger partial charge in [-0.2, -0.15) is 4.98 Å². The fraction of sp³-hybridized carbons (Fsp3) is 0.500. The summed E-state index contributed by atoms with van der Waals surface area (Å²) >= 11 is 0. The van der Waals surface area contributed by atoms with Gasteiger partial charge in [0.05, 0.1) is 12.7 Å². The molecule has 0 unspecified atom stereocenters. The van der Waals surface area contributed by atoms with Crippen LogP contribution in [0.4, 0.5) is 5.82 Å². The molecule has 2 heterocycles. The Kier molecular flexibility index (Phi) is 3.21. The van der Waals surface area contributed by atoms with E-state index in [0.29, 0.717) is 6.42 Å². The van der Waals surface area contributed by atoms with E-state index in [4.69, 9.17) is 15.6 Å². The fourth-order valence-electron chi connectivity index (χ4n) is 1.89. The lowest BCUT2D eigenvalue weighted by molar-refractivity contribution is -0.113. The van der Waals surface area contributed by atoms with E-state index in [-0.39, 0.29) is 12.4 Å². The molecular weight excluding hydrogens is 226 g/mol. The van der Waals surface area contributed by atoms with Gasteiger partial charge in [-0.1, -0.05) is 0 Å². The van der Waals surface area contributed by atoms with Crippen LogP contribution >= 0.6 is 0 Å². The highest BCUT2D eigenvalue weighted by Crippen LogP contribution is 2.31. The van der Waals surface area contributed by atoms with Crippen LogP contribution in [0.25, 0.3) is 0 Å². The maximum absolute atomic E-state index is 11.6. The van der Waals surface area contributed by atoms with Crippen LogP contribution in [0.3, 0.4) is 0 Å². The van der Waals surface area contributed by atoms with Crippen molar-refractivity contribution in [1.82, 2.24) is 9.55 Å². The first-order valence-electron chi connectivity index (χ1n) is 5.22. The Morgan fingerprint density at radius 2 is 2.47 bits per heavy atom. The lowest BCUT2D eigenvalue weighted by Gasteiger charge is -2.14. The third kappa shape index (κ3) is 2.20. The van der Waals surface area contributed by atoms with Crippen LogP contribution in [0, 0.1) is 5.92 Å². The number of nitrogen functional groups attached to an aromatic ring is 1. The molecule has 1 aliphatic rings. The minimum Gasteiger partial charge on any atom is -0.394 e. The SMILES string of the molecule is Nc1ccn([C@H]2C[C@H](C=O)[C@@H](CO)O2)c(=O)n1. The largest absolute Gasteiger partial charge is 0.394 e. The lowest BCUT2D eigenvalue weighted by Crippen LogP contribution is -2.27. The van der Waals surface area contributed by atoms with E-state index in [1.807, 2.05) is 0 Å². The molecule has 1 aromatic heterocycles. The van der Waals surface area contributed by atoms with Crippen LogP contribution in [0.1, 0.15) is 12.6 Å². The summed E-state index contributed by atoms with van der Waals surface area (Å²) in [5, 5.41) is 9.04. The van der Waals surface area contributed by atoms with E-state index in [9.17, 15) is 9.59 Å². The summed E-state index contributed by atoms with van der Waals surface area (Å²) in [4.78, 5) is 25.9. The molecule has 1 saturated heterocycles. The van der Waals surface area contributed by atoms with Gasteiger partial charge >= 0.3 is 5.69 Å². The van der Waals surface area contributed by atoms with Gasteiger partial charge in [-0.05, 0) is 6.07 Å². The summed E-state index contributed by atoms with van der Waals surface area (Å²) in [5.74, 6) is -0.274. The van der Waals surface area contributed by atoms with E-state index in [2.05, 4.69) is 4.98 Å². The fourth-order valence-corrected chi connectivity index (χ4v) is 1.89. The summed E-state index contributed by atoms with van der Waals surface area (Å²) in [6, 6.07) is 1.48. The van der Waals surface area contributed by atoms with Gasteiger partial charge < -0.3 is 20.4 Å². The molecule has 0 radical (unpaired) electrons. The number of anilines is 1. The second-order valence-corrected chi connectivity index (χ2v) is 3.89. The third-order valence-corrected chi connectivity index (χ3v) is 2.80. The van der Waals surface area contributed by atoms with E-state index in [0.717, 1.165) is 6.29 Å². The van der Waals surface area contributed by atoms with Gasteiger partial charge in [-0.25, -0.2) is 4.79 Å².